The normalized spacial score (nSPS) is 10.5. The molecule has 0 aliphatic carbocycles. The summed E-state index contributed by atoms with van der Waals surface area (Å²) in [6.07, 6.45) is 0. The second kappa shape index (κ2) is 4.97. The van der Waals surface area contributed by atoms with Crippen molar-refractivity contribution in [1.82, 2.24) is 15.2 Å². The van der Waals surface area contributed by atoms with Gasteiger partial charge in [-0.15, -0.1) is 0 Å². The number of nitrogens with one attached hydrogen (secondary N) is 1. The summed E-state index contributed by atoms with van der Waals surface area (Å²) in [6, 6.07) is 5.89. The molecular formula is C12H16N4O. The van der Waals surface area contributed by atoms with Crippen LogP contribution in [0.1, 0.15) is 18.3 Å². The Hall–Kier alpha value is -1.88. The molecule has 0 amide bonds. The van der Waals surface area contributed by atoms with Gasteiger partial charge in [-0.1, -0.05) is 0 Å². The lowest BCUT2D eigenvalue weighted by molar-refractivity contribution is 0.338. The Morgan fingerprint density at radius 2 is 2.24 bits per heavy atom. The molecule has 0 unspecified atom stereocenters. The predicted octanol–water partition coefficient (Wildman–Crippen LogP) is 1.64. The van der Waals surface area contributed by atoms with Crippen LogP contribution >= 0.6 is 0 Å². The van der Waals surface area contributed by atoms with Gasteiger partial charge >= 0.3 is 0 Å². The molecule has 1 aromatic carbocycles. The summed E-state index contributed by atoms with van der Waals surface area (Å²) in [5.74, 6) is 2.24. The third-order valence-corrected chi connectivity index (χ3v) is 2.46. The first kappa shape index (κ1) is 11.6. The molecule has 0 radical (unpaired) electrons. The summed E-state index contributed by atoms with van der Waals surface area (Å²) in [5, 5.41) is 6.91. The summed E-state index contributed by atoms with van der Waals surface area (Å²) in [4.78, 5) is 4.28. The Morgan fingerprint density at radius 1 is 1.41 bits per heavy atom. The number of benzene rings is 1. The minimum absolute atomic E-state index is 0.364. The molecule has 5 heteroatoms. The number of nitrogens with zero attached hydrogens (tertiary/aromatic N) is 2. The molecule has 0 saturated carbocycles. The molecule has 0 atom stereocenters. The highest BCUT2D eigenvalue weighted by atomic mass is 16.5. The summed E-state index contributed by atoms with van der Waals surface area (Å²) in [5.41, 5.74) is 7.51. The molecule has 2 rings (SSSR count). The Kier molecular flexibility index (Phi) is 3.39. The minimum atomic E-state index is 0.364. The first-order valence-electron chi connectivity index (χ1n) is 5.59. The Morgan fingerprint density at radius 3 is 2.82 bits per heavy atom. The van der Waals surface area contributed by atoms with Gasteiger partial charge < -0.3 is 10.5 Å². The maximum Gasteiger partial charge on any atom is 0.181 e. The highest BCUT2D eigenvalue weighted by molar-refractivity contribution is 5.58. The first-order valence-corrected chi connectivity index (χ1v) is 5.59. The van der Waals surface area contributed by atoms with Crippen molar-refractivity contribution in [2.24, 2.45) is 5.73 Å². The van der Waals surface area contributed by atoms with E-state index >= 15 is 0 Å². The smallest absolute Gasteiger partial charge is 0.181 e. The van der Waals surface area contributed by atoms with Crippen molar-refractivity contribution in [2.45, 2.75) is 20.4 Å². The number of nitrogens with two attached hydrogens (primary N) is 1. The number of H-pyrrole nitrogens is 1. The van der Waals surface area contributed by atoms with Gasteiger partial charge in [-0.2, -0.15) is 5.10 Å². The number of ether oxygens (including phenoxy) is 1. The molecule has 90 valence electrons. The van der Waals surface area contributed by atoms with Crippen LogP contribution in [0.2, 0.25) is 0 Å². The quantitative estimate of drug-likeness (QED) is 0.840. The van der Waals surface area contributed by atoms with Crippen LogP contribution in [-0.4, -0.2) is 21.8 Å². The van der Waals surface area contributed by atoms with E-state index in [0.29, 0.717) is 24.8 Å². The zero-order chi connectivity index (χ0) is 12.3. The van der Waals surface area contributed by atoms with Gasteiger partial charge in [0.1, 0.15) is 11.6 Å². The van der Waals surface area contributed by atoms with Crippen molar-refractivity contribution in [3.05, 3.63) is 29.6 Å². The maximum atomic E-state index is 5.49. The van der Waals surface area contributed by atoms with Crippen LogP contribution in [0.3, 0.4) is 0 Å². The Bertz CT molecular complexity index is 507. The van der Waals surface area contributed by atoms with Gasteiger partial charge in [0.2, 0.25) is 0 Å². The van der Waals surface area contributed by atoms with Gasteiger partial charge in [-0.3, -0.25) is 5.10 Å². The lowest BCUT2D eigenvalue weighted by Gasteiger charge is -2.07. The van der Waals surface area contributed by atoms with Gasteiger partial charge in [0.15, 0.2) is 5.82 Å². The van der Waals surface area contributed by atoms with Gasteiger partial charge in [-0.05, 0) is 37.6 Å². The lowest BCUT2D eigenvalue weighted by atomic mass is 10.1. The fourth-order valence-corrected chi connectivity index (χ4v) is 1.62. The number of hydrogen-bond donors (Lipinski definition) is 2. The van der Waals surface area contributed by atoms with Crippen LogP contribution in [0.5, 0.6) is 5.75 Å². The van der Waals surface area contributed by atoms with Crippen molar-refractivity contribution in [3.63, 3.8) is 0 Å². The molecule has 0 saturated heterocycles. The number of aryl methyl sites for hydroxylation is 1. The van der Waals surface area contributed by atoms with E-state index < -0.39 is 0 Å². The molecule has 3 N–H and O–H groups in total. The molecule has 17 heavy (non-hydrogen) atoms. The molecule has 0 aliphatic heterocycles. The van der Waals surface area contributed by atoms with Crippen molar-refractivity contribution < 1.29 is 4.74 Å². The van der Waals surface area contributed by atoms with Crippen molar-refractivity contribution in [1.29, 1.82) is 0 Å². The Balaban J connectivity index is 2.30. The monoisotopic (exact) mass is 232 g/mol. The van der Waals surface area contributed by atoms with Gasteiger partial charge in [-0.25, -0.2) is 4.98 Å². The van der Waals surface area contributed by atoms with E-state index in [0.717, 1.165) is 16.9 Å². The van der Waals surface area contributed by atoms with Crippen LogP contribution in [-0.2, 0) is 6.54 Å². The van der Waals surface area contributed by atoms with Crippen LogP contribution in [0.25, 0.3) is 11.4 Å². The van der Waals surface area contributed by atoms with Crippen LogP contribution in [0, 0.1) is 6.92 Å². The average molecular weight is 232 g/mol. The van der Waals surface area contributed by atoms with E-state index in [2.05, 4.69) is 15.2 Å². The summed E-state index contributed by atoms with van der Waals surface area (Å²) in [6.45, 7) is 5.00. The average Bonchev–Trinajstić information content (AvgIpc) is 2.80. The number of hydrogen-bond acceptors (Lipinski definition) is 4. The maximum absolute atomic E-state index is 5.49. The number of aromatic nitrogens is 3. The molecule has 1 heterocycles. The van der Waals surface area contributed by atoms with Crippen LogP contribution in [0.4, 0.5) is 0 Å². The van der Waals surface area contributed by atoms with E-state index in [1.807, 2.05) is 32.0 Å². The lowest BCUT2D eigenvalue weighted by Crippen LogP contribution is -1.98. The highest BCUT2D eigenvalue weighted by Crippen LogP contribution is 2.24. The SMILES string of the molecule is CCOc1ccc(-c2n[nH]c(CN)n2)cc1C. The van der Waals surface area contributed by atoms with Gasteiger partial charge in [0.25, 0.3) is 0 Å². The van der Waals surface area contributed by atoms with Crippen molar-refractivity contribution in [2.75, 3.05) is 6.61 Å². The predicted molar refractivity (Wildman–Crippen MR) is 65.6 cm³/mol. The van der Waals surface area contributed by atoms with Crippen LogP contribution in [0.15, 0.2) is 18.2 Å². The minimum Gasteiger partial charge on any atom is -0.494 e. The second-order valence-corrected chi connectivity index (χ2v) is 3.72. The van der Waals surface area contributed by atoms with E-state index in [1.54, 1.807) is 0 Å². The van der Waals surface area contributed by atoms with E-state index in [1.165, 1.54) is 0 Å². The molecular weight excluding hydrogens is 216 g/mol. The van der Waals surface area contributed by atoms with Gasteiger partial charge in [0.05, 0.1) is 13.2 Å². The van der Waals surface area contributed by atoms with Crippen molar-refractivity contribution in [3.8, 4) is 17.1 Å². The fraction of sp³-hybridized carbons (Fsp3) is 0.333. The van der Waals surface area contributed by atoms with E-state index in [4.69, 9.17) is 10.5 Å². The molecule has 0 spiro atoms. The third kappa shape index (κ3) is 2.45. The summed E-state index contributed by atoms with van der Waals surface area (Å²) in [7, 11) is 0. The zero-order valence-electron chi connectivity index (χ0n) is 10.0. The van der Waals surface area contributed by atoms with E-state index in [-0.39, 0.29) is 0 Å². The molecule has 5 nitrogen and oxygen atoms in total. The first-order chi connectivity index (χ1) is 8.24. The molecule has 2 aromatic rings. The Labute approximate surface area is 100 Å². The zero-order valence-corrected chi connectivity index (χ0v) is 10.0. The van der Waals surface area contributed by atoms with Crippen molar-refractivity contribution >= 4 is 0 Å². The number of rotatable bonds is 4. The molecule has 0 fully saturated rings. The number of aromatic amines is 1. The fourth-order valence-electron chi connectivity index (χ4n) is 1.62. The standard InChI is InChI=1S/C12H16N4O/c1-3-17-10-5-4-9(6-8(10)2)12-14-11(7-13)15-16-12/h4-6H,3,7,13H2,1-2H3,(H,14,15,16). The van der Waals surface area contributed by atoms with E-state index in [9.17, 15) is 0 Å². The van der Waals surface area contributed by atoms with Crippen LogP contribution < -0.4 is 10.5 Å². The highest BCUT2D eigenvalue weighted by Gasteiger charge is 2.07. The third-order valence-electron chi connectivity index (χ3n) is 2.46. The molecule has 1 aromatic heterocycles. The molecule has 0 aliphatic rings. The topological polar surface area (TPSA) is 76.8 Å². The summed E-state index contributed by atoms with van der Waals surface area (Å²) >= 11 is 0. The summed E-state index contributed by atoms with van der Waals surface area (Å²) < 4.78 is 5.49. The van der Waals surface area contributed by atoms with Gasteiger partial charge in [0, 0.05) is 5.56 Å². The molecule has 0 bridgehead atoms. The second-order valence-electron chi connectivity index (χ2n) is 3.72. The largest absolute Gasteiger partial charge is 0.494 e.